The van der Waals surface area contributed by atoms with E-state index in [1.807, 2.05) is 0 Å². The molecule has 0 fully saturated rings. The molecule has 0 aliphatic rings. The van der Waals surface area contributed by atoms with E-state index in [2.05, 4.69) is 76.4 Å². The van der Waals surface area contributed by atoms with Gasteiger partial charge in [0.25, 0.3) is 0 Å². The molecular formula is C59H78N2O26. The number of unbranched alkanes of at least 4 members (excludes halogenated alkanes) is 3. The van der Waals surface area contributed by atoms with Crippen LogP contribution in [0.5, 0.6) is 0 Å². The summed E-state index contributed by atoms with van der Waals surface area (Å²) < 4.78 is 75.6. The first-order chi connectivity index (χ1) is 41.5. The topological polar surface area (TPSA) is 358 Å². The highest BCUT2D eigenvalue weighted by molar-refractivity contribution is 5.84. The number of carbonyl (C=O) groups excluding carboxylic acids is 12. The van der Waals surface area contributed by atoms with Gasteiger partial charge in [0.15, 0.2) is 0 Å². The maximum atomic E-state index is 13.1. The summed E-state index contributed by atoms with van der Waals surface area (Å²) in [5.41, 5.74) is -6.27. The molecule has 28 heteroatoms. The monoisotopic (exact) mass is 1230 g/mol. The summed E-state index contributed by atoms with van der Waals surface area (Å²) in [5.74, 6) is -8.85. The third-order valence-corrected chi connectivity index (χ3v) is 11.5. The highest BCUT2D eigenvalue weighted by Gasteiger charge is 2.42. The van der Waals surface area contributed by atoms with Crippen molar-refractivity contribution in [3.8, 4) is 0 Å². The minimum absolute atomic E-state index is 0.0848. The third-order valence-electron chi connectivity index (χ3n) is 11.5. The van der Waals surface area contributed by atoms with E-state index in [1.165, 1.54) is 0 Å². The van der Waals surface area contributed by atoms with E-state index in [0.29, 0.717) is 25.7 Å². The van der Waals surface area contributed by atoms with E-state index < -0.39 is 193 Å². The molecule has 28 nitrogen and oxygen atoms in total. The van der Waals surface area contributed by atoms with Gasteiger partial charge in [0.2, 0.25) is 0 Å². The average molecular weight is 1230 g/mol. The van der Waals surface area contributed by atoms with Gasteiger partial charge >= 0.3 is 71.9 Å². The Morgan fingerprint density at radius 2 is 0.448 bits per heavy atom. The lowest BCUT2D eigenvalue weighted by atomic mass is 9.87. The van der Waals surface area contributed by atoms with E-state index >= 15 is 0 Å². The molecule has 0 spiro atoms. The fourth-order valence-corrected chi connectivity index (χ4v) is 6.51. The van der Waals surface area contributed by atoms with Crippen LogP contribution in [0.15, 0.2) is 127 Å². The van der Waals surface area contributed by atoms with Gasteiger partial charge < -0.3 is 76.9 Å². The number of nitrogens with one attached hydrogen (secondary N) is 2. The Hall–Kier alpha value is -9.44. The normalized spacial score (nSPS) is 10.9. The highest BCUT2D eigenvalue weighted by Crippen LogP contribution is 2.29. The minimum atomic E-state index is -1.66. The molecule has 0 bridgehead atoms. The maximum absolute atomic E-state index is 13.1. The van der Waals surface area contributed by atoms with Crippen molar-refractivity contribution in [3.05, 3.63) is 127 Å². The smallest absolute Gasteiger partial charge is 0.407 e. The van der Waals surface area contributed by atoms with Crippen LogP contribution in [-0.2, 0) is 114 Å². The van der Waals surface area contributed by atoms with Gasteiger partial charge in [0.05, 0.1) is 41.5 Å². The number of carbonyl (C=O) groups is 12. The Labute approximate surface area is 504 Å². The van der Waals surface area contributed by atoms with Crippen LogP contribution in [0.3, 0.4) is 0 Å². The van der Waals surface area contributed by atoms with Crippen LogP contribution in [0, 0.1) is 21.7 Å². The van der Waals surface area contributed by atoms with Crippen molar-refractivity contribution in [1.82, 2.24) is 10.6 Å². The molecular weight excluding hydrogens is 1150 g/mol. The van der Waals surface area contributed by atoms with Crippen molar-refractivity contribution in [2.24, 2.45) is 21.7 Å². The van der Waals surface area contributed by atoms with Crippen LogP contribution < -0.4 is 10.6 Å². The molecule has 0 radical (unpaired) electrons. The molecule has 0 heterocycles. The molecule has 0 aromatic rings. The van der Waals surface area contributed by atoms with E-state index in [-0.39, 0.29) is 26.1 Å². The molecule has 0 aliphatic heterocycles. The van der Waals surface area contributed by atoms with Crippen LogP contribution in [0.4, 0.5) is 9.59 Å². The Morgan fingerprint density at radius 1 is 0.253 bits per heavy atom. The van der Waals surface area contributed by atoms with E-state index in [9.17, 15) is 57.5 Å². The summed E-state index contributed by atoms with van der Waals surface area (Å²) in [4.78, 5) is 148. The predicted octanol–water partition coefficient (Wildman–Crippen LogP) is 3.66. The van der Waals surface area contributed by atoms with E-state index in [0.717, 1.165) is 60.8 Å². The average Bonchev–Trinajstić information content (AvgIpc) is 3.64. The summed E-state index contributed by atoms with van der Waals surface area (Å²) >= 11 is 0. The van der Waals surface area contributed by atoms with Gasteiger partial charge in [-0.25, -0.2) is 57.5 Å². The number of hydrogen-bond acceptors (Lipinski definition) is 26. The first-order valence-electron chi connectivity index (χ1n) is 26.4. The molecule has 0 rings (SSSR count). The largest absolute Gasteiger partial charge is 0.462 e. The first kappa shape index (κ1) is 77.6. The number of rotatable bonds is 50. The van der Waals surface area contributed by atoms with E-state index in [1.54, 1.807) is 0 Å². The van der Waals surface area contributed by atoms with Gasteiger partial charge in [-0.1, -0.05) is 78.6 Å². The predicted molar refractivity (Wildman–Crippen MR) is 305 cm³/mol. The summed E-state index contributed by atoms with van der Waals surface area (Å²) in [7, 11) is 0. The molecule has 0 saturated heterocycles. The van der Waals surface area contributed by atoms with Crippen molar-refractivity contribution in [3.63, 3.8) is 0 Å². The Balaban J connectivity index is 6.07. The second-order valence-electron chi connectivity index (χ2n) is 18.8. The van der Waals surface area contributed by atoms with Gasteiger partial charge in [-0.3, -0.25) is 0 Å². The second kappa shape index (κ2) is 44.1. The highest BCUT2D eigenvalue weighted by atomic mass is 16.6. The zero-order valence-corrected chi connectivity index (χ0v) is 48.7. The number of ether oxygens (including phenoxy) is 14. The maximum Gasteiger partial charge on any atom is 0.407 e. The molecule has 87 heavy (non-hydrogen) atoms. The van der Waals surface area contributed by atoms with Crippen molar-refractivity contribution in [2.45, 2.75) is 32.1 Å². The van der Waals surface area contributed by atoms with Crippen molar-refractivity contribution >= 4 is 71.9 Å². The number of hydrogen-bond donors (Lipinski definition) is 2. The molecule has 0 atom stereocenters. The fraction of sp³-hybridized carbons (Fsp3) is 0.458. The van der Waals surface area contributed by atoms with Gasteiger partial charge in [-0.2, -0.15) is 0 Å². The van der Waals surface area contributed by atoms with E-state index in [4.69, 9.17) is 66.3 Å². The quantitative estimate of drug-likeness (QED) is 0.0380. The van der Waals surface area contributed by atoms with Crippen molar-refractivity contribution in [2.75, 3.05) is 119 Å². The SMILES string of the molecule is C=CC(=O)OCC(COCCC(COC(=O)C=C)(COC(=O)C=C)COC(=O)NCCCCCCNC(=O)OCC(COCC(COC(=O)C=C)(COC(=O)C=C)COC(=O)C=C)(COC(=O)C=C)COC(=O)C=C)(COC(=O)C=C)COC(=O)C=C. The van der Waals surface area contributed by atoms with Gasteiger partial charge in [0, 0.05) is 80.5 Å². The Morgan fingerprint density at radius 3 is 0.678 bits per heavy atom. The summed E-state index contributed by atoms with van der Waals surface area (Å²) in [6.07, 6.45) is 8.49. The summed E-state index contributed by atoms with van der Waals surface area (Å²) in [5, 5.41) is 5.17. The van der Waals surface area contributed by atoms with Crippen molar-refractivity contribution in [1.29, 1.82) is 0 Å². The Bertz CT molecular complexity index is 2280. The zero-order chi connectivity index (χ0) is 65.6. The summed E-state index contributed by atoms with van der Waals surface area (Å²) in [6.45, 7) is 25.4. The molecule has 0 unspecified atom stereocenters. The molecule has 0 aliphatic carbocycles. The molecule has 0 aromatic heterocycles. The van der Waals surface area contributed by atoms with Crippen LogP contribution in [0.2, 0.25) is 0 Å². The number of esters is 10. The standard InChI is InChI=1S/C59H78N2O26/c1-11-44(62)76-32-56(33-77-45(63)12-2,25-28-74-29-57(35-78-46(64)13-3,36-79-47(65)14-4)37-80-48(66)15-5)34-86-54(72)60-26-23-21-22-24-27-61-55(73)87-43-59(41-84-52(70)19-9,42-85-53(71)20-10)31-75-30-58(38-81-49(67)16-6,39-82-50(68)17-7)40-83-51(69)18-8/h11-20H,1-10,21-43H2,(H,60,72)(H,61,73). The lowest BCUT2D eigenvalue weighted by Crippen LogP contribution is -2.47. The fourth-order valence-electron chi connectivity index (χ4n) is 6.51. The lowest BCUT2D eigenvalue weighted by molar-refractivity contribution is -0.168. The zero-order valence-electron chi connectivity index (χ0n) is 48.7. The van der Waals surface area contributed by atoms with Crippen LogP contribution >= 0.6 is 0 Å². The molecule has 0 saturated carbocycles. The van der Waals surface area contributed by atoms with Crippen LogP contribution in [0.1, 0.15) is 32.1 Å². The Kier molecular flexibility index (Phi) is 39.3. The van der Waals surface area contributed by atoms with Gasteiger partial charge in [-0.15, -0.1) is 0 Å². The van der Waals surface area contributed by atoms with Gasteiger partial charge in [-0.05, 0) is 19.3 Å². The molecule has 2 amide bonds. The minimum Gasteiger partial charge on any atom is -0.462 e. The second-order valence-corrected chi connectivity index (χ2v) is 18.8. The first-order valence-corrected chi connectivity index (χ1v) is 26.4. The third kappa shape index (κ3) is 34.8. The lowest BCUT2D eigenvalue weighted by Gasteiger charge is -2.35. The summed E-state index contributed by atoms with van der Waals surface area (Å²) in [6, 6.07) is 0. The molecule has 480 valence electrons. The van der Waals surface area contributed by atoms with Crippen LogP contribution in [0.25, 0.3) is 0 Å². The van der Waals surface area contributed by atoms with Gasteiger partial charge in [0.1, 0.15) is 79.3 Å². The van der Waals surface area contributed by atoms with Crippen molar-refractivity contribution < 1.29 is 124 Å². The molecule has 0 aromatic carbocycles. The number of amides is 2. The molecule has 2 N–H and O–H groups in total. The van der Waals surface area contributed by atoms with Crippen LogP contribution in [-0.4, -0.2) is 191 Å². The number of alkyl carbamates (subject to hydrolysis) is 2.